The van der Waals surface area contributed by atoms with E-state index in [0.717, 1.165) is 18.5 Å². The van der Waals surface area contributed by atoms with Crippen LogP contribution >= 0.6 is 0 Å². The molecule has 5 nitrogen and oxygen atoms in total. The molecule has 2 rings (SSSR count). The van der Waals surface area contributed by atoms with Crippen molar-refractivity contribution in [3.63, 3.8) is 0 Å². The van der Waals surface area contributed by atoms with Gasteiger partial charge in [0.25, 0.3) is 0 Å². The first kappa shape index (κ1) is 19.9. The van der Waals surface area contributed by atoms with Crippen LogP contribution in [0, 0.1) is 6.92 Å². The van der Waals surface area contributed by atoms with Gasteiger partial charge in [-0.3, -0.25) is 4.79 Å². The molecule has 2 N–H and O–H groups in total. The fraction of sp³-hybridized carbons (Fsp3) is 0.632. The molecule has 0 bridgehead atoms. The highest BCUT2D eigenvalue weighted by atomic mass is 32.2. The zero-order valence-electron chi connectivity index (χ0n) is 15.5. The van der Waals surface area contributed by atoms with Gasteiger partial charge in [-0.25, -0.2) is 13.1 Å². The SMILES string of the molecule is Cc1ccc(NC(=O)CCCCNS(=O)(=O)C(C)C)c2c1CCCC2. The standard InChI is InChI=1S/C19H30N2O3S/c1-14(2)25(23,24)20-13-7-6-10-19(22)21-18-12-11-15(3)16-8-4-5-9-17(16)18/h11-12,14,20H,4-10,13H2,1-3H3,(H,21,22). The van der Waals surface area contributed by atoms with E-state index in [-0.39, 0.29) is 5.91 Å². The predicted molar refractivity (Wildman–Crippen MR) is 102 cm³/mol. The van der Waals surface area contributed by atoms with Gasteiger partial charge in [-0.15, -0.1) is 0 Å². The summed E-state index contributed by atoms with van der Waals surface area (Å²) in [5, 5.41) is 2.62. The maximum absolute atomic E-state index is 12.2. The number of fused-ring (bicyclic) bond motifs is 1. The first-order chi connectivity index (χ1) is 11.8. The Balaban J connectivity index is 1.80. The molecule has 0 fully saturated rings. The summed E-state index contributed by atoms with van der Waals surface area (Å²) in [6.45, 7) is 5.82. The number of hydrogen-bond acceptors (Lipinski definition) is 3. The van der Waals surface area contributed by atoms with Gasteiger partial charge in [0.2, 0.25) is 15.9 Å². The quantitative estimate of drug-likeness (QED) is 0.693. The van der Waals surface area contributed by atoms with Crippen molar-refractivity contribution >= 4 is 21.6 Å². The van der Waals surface area contributed by atoms with Crippen molar-refractivity contribution in [2.24, 2.45) is 0 Å². The lowest BCUT2D eigenvalue weighted by Crippen LogP contribution is -2.31. The van der Waals surface area contributed by atoms with E-state index in [9.17, 15) is 13.2 Å². The summed E-state index contributed by atoms with van der Waals surface area (Å²) in [5.41, 5.74) is 4.95. The summed E-state index contributed by atoms with van der Waals surface area (Å²) < 4.78 is 25.9. The van der Waals surface area contributed by atoms with Gasteiger partial charge in [0.05, 0.1) is 5.25 Å². The molecule has 0 aliphatic heterocycles. The molecule has 1 aromatic carbocycles. The van der Waals surface area contributed by atoms with Gasteiger partial charge < -0.3 is 5.32 Å². The van der Waals surface area contributed by atoms with E-state index in [1.165, 1.54) is 29.5 Å². The van der Waals surface area contributed by atoms with E-state index < -0.39 is 15.3 Å². The van der Waals surface area contributed by atoms with Crippen LogP contribution in [-0.4, -0.2) is 26.1 Å². The Morgan fingerprint density at radius 2 is 1.80 bits per heavy atom. The highest BCUT2D eigenvalue weighted by molar-refractivity contribution is 7.90. The van der Waals surface area contributed by atoms with Crippen molar-refractivity contribution < 1.29 is 13.2 Å². The fourth-order valence-corrected chi connectivity index (χ4v) is 3.93. The average molecular weight is 367 g/mol. The number of hydrogen-bond donors (Lipinski definition) is 2. The monoisotopic (exact) mass is 366 g/mol. The Labute approximate surface area is 151 Å². The molecule has 0 unspecified atom stereocenters. The fourth-order valence-electron chi connectivity index (χ4n) is 3.17. The third-order valence-corrected chi connectivity index (χ3v) is 6.65. The zero-order chi connectivity index (χ0) is 18.4. The summed E-state index contributed by atoms with van der Waals surface area (Å²) in [6, 6.07) is 4.09. The number of rotatable bonds is 8. The molecule has 0 heterocycles. The molecule has 0 spiro atoms. The Hall–Kier alpha value is -1.40. The van der Waals surface area contributed by atoms with Gasteiger partial charge in [0.15, 0.2) is 0 Å². The van der Waals surface area contributed by atoms with E-state index in [1.54, 1.807) is 13.8 Å². The van der Waals surface area contributed by atoms with Crippen LogP contribution in [0.5, 0.6) is 0 Å². The lowest BCUT2D eigenvalue weighted by molar-refractivity contribution is -0.116. The van der Waals surface area contributed by atoms with E-state index in [0.29, 0.717) is 25.8 Å². The highest BCUT2D eigenvalue weighted by Gasteiger charge is 2.17. The molecule has 0 atom stereocenters. The molecule has 1 aliphatic rings. The molecule has 1 aliphatic carbocycles. The number of carbonyl (C=O) groups excluding carboxylic acids is 1. The zero-order valence-corrected chi connectivity index (χ0v) is 16.3. The number of anilines is 1. The average Bonchev–Trinajstić information content (AvgIpc) is 2.57. The summed E-state index contributed by atoms with van der Waals surface area (Å²) in [6.07, 6.45) is 6.26. The molecule has 1 aromatic rings. The minimum atomic E-state index is -3.21. The third-order valence-electron chi connectivity index (χ3n) is 4.80. The second kappa shape index (κ2) is 8.81. The normalized spacial score (nSPS) is 14.4. The highest BCUT2D eigenvalue weighted by Crippen LogP contribution is 2.30. The van der Waals surface area contributed by atoms with Crippen LogP contribution in [0.15, 0.2) is 12.1 Å². The molecule has 0 saturated carbocycles. The van der Waals surface area contributed by atoms with Gasteiger partial charge in [-0.05, 0) is 82.1 Å². The number of benzene rings is 1. The molecular weight excluding hydrogens is 336 g/mol. The number of carbonyl (C=O) groups is 1. The van der Waals surface area contributed by atoms with Crippen LogP contribution in [0.4, 0.5) is 5.69 Å². The summed E-state index contributed by atoms with van der Waals surface area (Å²) in [5.74, 6) is 0.00310. The van der Waals surface area contributed by atoms with Crippen LogP contribution in [0.2, 0.25) is 0 Å². The van der Waals surface area contributed by atoms with Crippen molar-refractivity contribution in [1.82, 2.24) is 4.72 Å². The molecule has 25 heavy (non-hydrogen) atoms. The van der Waals surface area contributed by atoms with Gasteiger partial charge in [-0.2, -0.15) is 0 Å². The summed E-state index contributed by atoms with van der Waals surface area (Å²) in [4.78, 5) is 12.2. The lowest BCUT2D eigenvalue weighted by Gasteiger charge is -2.21. The second-order valence-corrected chi connectivity index (χ2v) is 9.41. The minimum absolute atomic E-state index is 0.00310. The molecule has 6 heteroatoms. The van der Waals surface area contributed by atoms with Crippen molar-refractivity contribution in [2.45, 2.75) is 71.0 Å². The van der Waals surface area contributed by atoms with Crippen molar-refractivity contribution in [3.8, 4) is 0 Å². The molecule has 0 saturated heterocycles. The number of nitrogens with one attached hydrogen (secondary N) is 2. The lowest BCUT2D eigenvalue weighted by atomic mass is 9.87. The topological polar surface area (TPSA) is 75.3 Å². The first-order valence-electron chi connectivity index (χ1n) is 9.21. The molecule has 1 amide bonds. The summed E-state index contributed by atoms with van der Waals surface area (Å²) >= 11 is 0. The van der Waals surface area contributed by atoms with Gasteiger partial charge in [0, 0.05) is 18.7 Å². The number of amides is 1. The van der Waals surface area contributed by atoms with E-state index in [1.807, 2.05) is 6.07 Å². The number of unbranched alkanes of at least 4 members (excludes halogenated alkanes) is 1. The Morgan fingerprint density at radius 3 is 2.48 bits per heavy atom. The largest absolute Gasteiger partial charge is 0.326 e. The van der Waals surface area contributed by atoms with Crippen LogP contribution in [0.25, 0.3) is 0 Å². The van der Waals surface area contributed by atoms with Gasteiger partial charge in [0.1, 0.15) is 0 Å². The van der Waals surface area contributed by atoms with Crippen molar-refractivity contribution in [2.75, 3.05) is 11.9 Å². The van der Waals surface area contributed by atoms with Crippen molar-refractivity contribution in [1.29, 1.82) is 0 Å². The Kier molecular flexibility index (Phi) is 7.02. The van der Waals surface area contributed by atoms with Crippen molar-refractivity contribution in [3.05, 3.63) is 28.8 Å². The van der Waals surface area contributed by atoms with E-state index in [4.69, 9.17) is 0 Å². The first-order valence-corrected chi connectivity index (χ1v) is 10.8. The third kappa shape index (κ3) is 5.54. The van der Waals surface area contributed by atoms with E-state index in [2.05, 4.69) is 23.0 Å². The van der Waals surface area contributed by atoms with Crippen LogP contribution in [0.3, 0.4) is 0 Å². The maximum Gasteiger partial charge on any atom is 0.224 e. The van der Waals surface area contributed by atoms with Crippen LogP contribution < -0.4 is 10.0 Å². The predicted octanol–water partition coefficient (Wildman–Crippen LogP) is 3.31. The molecule has 140 valence electrons. The van der Waals surface area contributed by atoms with Crippen LogP contribution in [-0.2, 0) is 27.7 Å². The second-order valence-electron chi connectivity index (χ2n) is 7.09. The van der Waals surface area contributed by atoms with Gasteiger partial charge >= 0.3 is 0 Å². The van der Waals surface area contributed by atoms with Gasteiger partial charge in [-0.1, -0.05) is 6.07 Å². The smallest absolute Gasteiger partial charge is 0.224 e. The number of aryl methyl sites for hydroxylation is 1. The summed E-state index contributed by atoms with van der Waals surface area (Å²) in [7, 11) is -3.21. The Bertz CT molecular complexity index is 712. The minimum Gasteiger partial charge on any atom is -0.326 e. The molecule has 0 aromatic heterocycles. The van der Waals surface area contributed by atoms with Crippen LogP contribution in [0.1, 0.15) is 62.6 Å². The molecular formula is C19H30N2O3S. The molecule has 0 radical (unpaired) electrons. The number of sulfonamides is 1. The Morgan fingerprint density at radius 1 is 1.12 bits per heavy atom. The van der Waals surface area contributed by atoms with E-state index >= 15 is 0 Å². The maximum atomic E-state index is 12.2.